The number of aromatic nitrogens is 2. The predicted molar refractivity (Wildman–Crippen MR) is 69.1 cm³/mol. The first-order chi connectivity index (χ1) is 6.78. The number of nitrogens with two attached hydrogens (primary N) is 1. The van der Waals surface area contributed by atoms with Crippen LogP contribution in [0.3, 0.4) is 0 Å². The molecule has 0 aromatic carbocycles. The third kappa shape index (κ3) is 2.12. The summed E-state index contributed by atoms with van der Waals surface area (Å²) in [6.45, 7) is 0. The van der Waals surface area contributed by atoms with E-state index in [0.717, 1.165) is 29.4 Å². The van der Waals surface area contributed by atoms with Crippen LogP contribution in [0.2, 0.25) is 0 Å². The molecule has 0 spiro atoms. The molecule has 5 heteroatoms. The van der Waals surface area contributed by atoms with Crippen molar-refractivity contribution in [1.29, 1.82) is 0 Å². The monoisotopic (exact) mass is 257 g/mol. The number of rotatable bonds is 1. The summed E-state index contributed by atoms with van der Waals surface area (Å²) in [4.78, 5) is 8.57. The van der Waals surface area contributed by atoms with Crippen molar-refractivity contribution in [3.05, 3.63) is 36.3 Å². The van der Waals surface area contributed by atoms with E-state index in [4.69, 9.17) is 5.73 Å². The normalized spacial score (nSPS) is 16.1. The largest absolute Gasteiger partial charge is 0.320 e. The smallest absolute Gasteiger partial charge is 0.0889 e. The van der Waals surface area contributed by atoms with Crippen LogP contribution < -0.4 is 5.73 Å². The third-order valence-corrected chi connectivity index (χ3v) is 2.79. The Morgan fingerprint density at radius 1 is 1.12 bits per heavy atom. The Kier molecular flexibility index (Phi) is 3.73. The van der Waals surface area contributed by atoms with Crippen molar-refractivity contribution in [2.24, 2.45) is 5.73 Å². The quantitative estimate of drug-likeness (QED) is 0.854. The number of hydrogen-bond donors (Lipinski definition) is 1. The molecular formula is C11H13Cl2N3. The zero-order valence-electron chi connectivity index (χ0n) is 8.59. The molecule has 1 fully saturated rings. The lowest BCUT2D eigenvalue weighted by Crippen LogP contribution is -2.20. The van der Waals surface area contributed by atoms with E-state index in [1.165, 1.54) is 0 Å². The Hall–Kier alpha value is -0.900. The van der Waals surface area contributed by atoms with Gasteiger partial charge in [0.05, 0.1) is 22.9 Å². The van der Waals surface area contributed by atoms with Gasteiger partial charge in [-0.2, -0.15) is 0 Å². The number of pyridine rings is 2. The van der Waals surface area contributed by atoms with Crippen molar-refractivity contribution in [3.63, 3.8) is 0 Å². The molecule has 0 unspecified atom stereocenters. The van der Waals surface area contributed by atoms with E-state index in [2.05, 4.69) is 16.0 Å². The highest BCUT2D eigenvalue weighted by Crippen LogP contribution is 2.41. The van der Waals surface area contributed by atoms with Gasteiger partial charge in [-0.15, -0.1) is 24.8 Å². The highest BCUT2D eigenvalue weighted by Gasteiger charge is 2.41. The molecule has 1 aliphatic carbocycles. The van der Waals surface area contributed by atoms with Crippen LogP contribution >= 0.6 is 24.8 Å². The molecule has 2 aromatic heterocycles. The molecule has 16 heavy (non-hydrogen) atoms. The highest BCUT2D eigenvalue weighted by atomic mass is 35.5. The van der Waals surface area contributed by atoms with Gasteiger partial charge in [-0.05, 0) is 25.0 Å². The third-order valence-electron chi connectivity index (χ3n) is 2.79. The summed E-state index contributed by atoms with van der Waals surface area (Å²) in [5.41, 5.74) is 7.86. The van der Waals surface area contributed by atoms with Gasteiger partial charge in [0.15, 0.2) is 0 Å². The average Bonchev–Trinajstić information content (AvgIpc) is 2.97. The number of halogens is 2. The summed E-state index contributed by atoms with van der Waals surface area (Å²) in [6, 6.07) is 6.05. The van der Waals surface area contributed by atoms with Gasteiger partial charge in [0.2, 0.25) is 0 Å². The Bertz CT molecular complexity index is 497. The standard InChI is InChI=1S/C11H11N3.2ClH/c12-11(4-5-11)10-2-1-8-3-6-13-7-9(8)14-10;;/h1-3,6-7H,4-5,12H2;2*1H. The van der Waals surface area contributed by atoms with E-state index in [9.17, 15) is 0 Å². The summed E-state index contributed by atoms with van der Waals surface area (Å²) in [5, 5.41) is 1.12. The zero-order valence-corrected chi connectivity index (χ0v) is 10.2. The molecular weight excluding hydrogens is 245 g/mol. The van der Waals surface area contributed by atoms with Crippen LogP contribution in [0.25, 0.3) is 10.9 Å². The summed E-state index contributed by atoms with van der Waals surface area (Å²) in [7, 11) is 0. The van der Waals surface area contributed by atoms with Gasteiger partial charge in [-0.1, -0.05) is 6.07 Å². The van der Waals surface area contributed by atoms with Gasteiger partial charge in [0.25, 0.3) is 0 Å². The highest BCUT2D eigenvalue weighted by molar-refractivity contribution is 5.85. The molecule has 1 aliphatic rings. The SMILES string of the molecule is Cl.Cl.NC1(c2ccc3ccncc3n2)CC1. The molecule has 3 rings (SSSR count). The van der Waals surface area contributed by atoms with E-state index in [1.54, 1.807) is 12.4 Å². The maximum atomic E-state index is 6.08. The maximum absolute atomic E-state index is 6.08. The molecule has 0 radical (unpaired) electrons. The molecule has 0 saturated heterocycles. The minimum atomic E-state index is -0.149. The molecule has 0 atom stereocenters. The Labute approximate surface area is 106 Å². The van der Waals surface area contributed by atoms with Crippen LogP contribution in [0.5, 0.6) is 0 Å². The van der Waals surface area contributed by atoms with Crippen LogP contribution in [-0.2, 0) is 5.54 Å². The summed E-state index contributed by atoms with van der Waals surface area (Å²) < 4.78 is 0. The lowest BCUT2D eigenvalue weighted by molar-refractivity contribution is 0.712. The van der Waals surface area contributed by atoms with Crippen LogP contribution in [0, 0.1) is 0 Å². The van der Waals surface area contributed by atoms with E-state index in [0.29, 0.717) is 0 Å². The fourth-order valence-electron chi connectivity index (χ4n) is 1.64. The number of nitrogens with zero attached hydrogens (tertiary/aromatic N) is 2. The Balaban J connectivity index is 0.000000640. The molecule has 2 aromatic rings. The summed E-state index contributed by atoms with van der Waals surface area (Å²) in [5.74, 6) is 0. The van der Waals surface area contributed by atoms with Crippen molar-refractivity contribution in [2.45, 2.75) is 18.4 Å². The maximum Gasteiger partial charge on any atom is 0.0889 e. The van der Waals surface area contributed by atoms with Crippen LogP contribution in [0.4, 0.5) is 0 Å². The van der Waals surface area contributed by atoms with Gasteiger partial charge in [-0.25, -0.2) is 4.98 Å². The van der Waals surface area contributed by atoms with Crippen molar-refractivity contribution in [2.75, 3.05) is 0 Å². The fourth-order valence-corrected chi connectivity index (χ4v) is 1.64. The molecule has 0 amide bonds. The topological polar surface area (TPSA) is 51.8 Å². The van der Waals surface area contributed by atoms with Crippen LogP contribution in [0.1, 0.15) is 18.5 Å². The van der Waals surface area contributed by atoms with Crippen molar-refractivity contribution < 1.29 is 0 Å². The first kappa shape index (κ1) is 13.2. The van der Waals surface area contributed by atoms with Gasteiger partial charge in [0.1, 0.15) is 0 Å². The number of fused-ring (bicyclic) bond motifs is 1. The van der Waals surface area contributed by atoms with E-state index in [-0.39, 0.29) is 30.4 Å². The number of hydrogen-bond acceptors (Lipinski definition) is 3. The molecule has 2 heterocycles. The minimum absolute atomic E-state index is 0. The molecule has 2 N–H and O–H groups in total. The second kappa shape index (κ2) is 4.53. The lowest BCUT2D eigenvalue weighted by Gasteiger charge is -2.08. The second-order valence-electron chi connectivity index (χ2n) is 3.92. The average molecular weight is 258 g/mol. The van der Waals surface area contributed by atoms with Crippen molar-refractivity contribution in [1.82, 2.24) is 9.97 Å². The predicted octanol–water partition coefficient (Wildman–Crippen LogP) is 2.42. The van der Waals surface area contributed by atoms with Crippen LogP contribution in [0.15, 0.2) is 30.6 Å². The van der Waals surface area contributed by atoms with Crippen LogP contribution in [-0.4, -0.2) is 9.97 Å². The molecule has 0 aliphatic heterocycles. The summed E-state index contributed by atoms with van der Waals surface area (Å²) in [6.07, 6.45) is 5.65. The summed E-state index contributed by atoms with van der Waals surface area (Å²) >= 11 is 0. The minimum Gasteiger partial charge on any atom is -0.320 e. The molecule has 3 nitrogen and oxygen atoms in total. The van der Waals surface area contributed by atoms with E-state index < -0.39 is 0 Å². The Morgan fingerprint density at radius 3 is 2.56 bits per heavy atom. The molecule has 1 saturated carbocycles. The lowest BCUT2D eigenvalue weighted by atomic mass is 10.1. The van der Waals surface area contributed by atoms with Gasteiger partial charge >= 0.3 is 0 Å². The van der Waals surface area contributed by atoms with E-state index in [1.807, 2.05) is 12.1 Å². The molecule has 86 valence electrons. The van der Waals surface area contributed by atoms with Gasteiger partial charge in [-0.3, -0.25) is 4.98 Å². The zero-order chi connectivity index (χ0) is 9.60. The second-order valence-corrected chi connectivity index (χ2v) is 3.92. The van der Waals surface area contributed by atoms with Gasteiger partial charge < -0.3 is 5.73 Å². The fraction of sp³-hybridized carbons (Fsp3) is 0.273. The van der Waals surface area contributed by atoms with Crippen molar-refractivity contribution in [3.8, 4) is 0 Å². The van der Waals surface area contributed by atoms with E-state index >= 15 is 0 Å². The first-order valence-corrected chi connectivity index (χ1v) is 4.78. The van der Waals surface area contributed by atoms with Gasteiger partial charge in [0, 0.05) is 11.6 Å². The first-order valence-electron chi connectivity index (χ1n) is 4.78. The Morgan fingerprint density at radius 2 is 1.88 bits per heavy atom. The van der Waals surface area contributed by atoms with Crippen molar-refractivity contribution >= 4 is 35.7 Å². The molecule has 0 bridgehead atoms.